The van der Waals surface area contributed by atoms with Gasteiger partial charge in [-0.1, -0.05) is 0 Å². The van der Waals surface area contributed by atoms with Crippen molar-refractivity contribution in [2.45, 2.75) is 25.0 Å². The fraction of sp³-hybridized carbons (Fsp3) is 0.235. The maximum absolute atomic E-state index is 11.9. The predicted molar refractivity (Wildman–Crippen MR) is 96.0 cm³/mol. The minimum atomic E-state index is -3.26. The van der Waals surface area contributed by atoms with Crippen molar-refractivity contribution < 1.29 is 13.2 Å². The monoisotopic (exact) mass is 371 g/mol. The lowest BCUT2D eigenvalue weighted by molar-refractivity contribution is 0.454. The number of aromatic nitrogens is 4. The molecule has 0 aliphatic heterocycles. The molecule has 2 aromatic heterocycles. The Morgan fingerprint density at radius 3 is 2.46 bits per heavy atom. The summed E-state index contributed by atoms with van der Waals surface area (Å²) in [7, 11) is -3.26. The molecule has 1 saturated carbocycles. The van der Waals surface area contributed by atoms with E-state index in [1.807, 2.05) is 11.5 Å². The third-order valence-corrected chi connectivity index (χ3v) is 5.87. The molecule has 26 heavy (non-hydrogen) atoms. The molecule has 0 bridgehead atoms. The van der Waals surface area contributed by atoms with Crippen LogP contribution in [0.25, 0.3) is 5.82 Å². The molecule has 3 aromatic rings. The van der Waals surface area contributed by atoms with Crippen molar-refractivity contribution in [1.29, 1.82) is 0 Å². The quantitative estimate of drug-likeness (QED) is 0.715. The van der Waals surface area contributed by atoms with E-state index in [1.54, 1.807) is 48.8 Å². The van der Waals surface area contributed by atoms with Gasteiger partial charge in [-0.3, -0.25) is 9.29 Å². The van der Waals surface area contributed by atoms with E-state index in [2.05, 4.69) is 19.9 Å². The Kier molecular flexibility index (Phi) is 4.08. The summed E-state index contributed by atoms with van der Waals surface area (Å²) in [4.78, 5) is 4.15. The van der Waals surface area contributed by atoms with Crippen LogP contribution in [0.5, 0.6) is 11.6 Å². The van der Waals surface area contributed by atoms with Gasteiger partial charge >= 0.3 is 0 Å². The first-order valence-electron chi connectivity index (χ1n) is 8.15. The lowest BCUT2D eigenvalue weighted by atomic mass is 10.3. The van der Waals surface area contributed by atoms with Gasteiger partial charge in [0, 0.05) is 24.1 Å². The van der Waals surface area contributed by atoms with Crippen LogP contribution in [0.4, 0.5) is 5.69 Å². The molecule has 1 aliphatic carbocycles. The molecule has 0 atom stereocenters. The number of imidazole rings is 1. The molecular formula is C17H17N5O3S. The molecule has 0 unspecified atom stereocenters. The molecule has 1 fully saturated rings. The maximum atomic E-state index is 11.9. The molecule has 0 amide bonds. The smallest absolute Gasteiger partial charge is 0.238 e. The van der Waals surface area contributed by atoms with E-state index in [0.29, 0.717) is 23.1 Å². The van der Waals surface area contributed by atoms with Crippen molar-refractivity contribution >= 4 is 15.7 Å². The number of sulfonamides is 1. The first kappa shape index (κ1) is 16.5. The van der Waals surface area contributed by atoms with Crippen LogP contribution in [0.3, 0.4) is 0 Å². The summed E-state index contributed by atoms with van der Waals surface area (Å²) in [5, 5.41) is 7.92. The maximum Gasteiger partial charge on any atom is 0.238 e. The summed E-state index contributed by atoms with van der Waals surface area (Å²) in [5.41, 5.74) is 0.515. The summed E-state index contributed by atoms with van der Waals surface area (Å²) >= 11 is 0. The zero-order valence-corrected chi connectivity index (χ0v) is 14.8. The second kappa shape index (κ2) is 6.41. The first-order chi connectivity index (χ1) is 12.5. The molecule has 0 radical (unpaired) electrons. The van der Waals surface area contributed by atoms with E-state index in [4.69, 9.17) is 4.74 Å². The second-order valence-corrected chi connectivity index (χ2v) is 8.01. The highest BCUT2D eigenvalue weighted by molar-refractivity contribution is 7.93. The third-order valence-electron chi connectivity index (χ3n) is 4.00. The largest absolute Gasteiger partial charge is 0.438 e. The number of nitrogens with one attached hydrogen (secondary N) is 1. The van der Waals surface area contributed by atoms with E-state index < -0.39 is 10.0 Å². The fourth-order valence-corrected chi connectivity index (χ4v) is 3.84. The lowest BCUT2D eigenvalue weighted by Crippen LogP contribution is -2.17. The van der Waals surface area contributed by atoms with Gasteiger partial charge < -0.3 is 4.74 Å². The van der Waals surface area contributed by atoms with Crippen LogP contribution in [-0.2, 0) is 10.0 Å². The highest BCUT2D eigenvalue weighted by Crippen LogP contribution is 2.30. The van der Waals surface area contributed by atoms with E-state index in [9.17, 15) is 8.42 Å². The summed E-state index contributed by atoms with van der Waals surface area (Å²) in [6.07, 6.45) is 4.95. The Morgan fingerprint density at radius 2 is 1.88 bits per heavy atom. The number of nitrogens with zero attached hydrogens (tertiary/aromatic N) is 4. The molecule has 8 nitrogen and oxygen atoms in total. The van der Waals surface area contributed by atoms with Crippen molar-refractivity contribution in [2.24, 2.45) is 0 Å². The number of anilines is 1. The van der Waals surface area contributed by atoms with Crippen LogP contribution in [0.15, 0.2) is 48.8 Å². The van der Waals surface area contributed by atoms with Gasteiger partial charge in [0.15, 0.2) is 5.82 Å². The van der Waals surface area contributed by atoms with Crippen LogP contribution in [0, 0.1) is 6.92 Å². The first-order valence-corrected chi connectivity index (χ1v) is 9.69. The Bertz CT molecular complexity index is 1010. The van der Waals surface area contributed by atoms with E-state index in [0.717, 1.165) is 18.7 Å². The number of rotatable bonds is 6. The van der Waals surface area contributed by atoms with Gasteiger partial charge in [-0.2, -0.15) is 0 Å². The molecule has 1 aromatic carbocycles. The van der Waals surface area contributed by atoms with Crippen molar-refractivity contribution in [1.82, 2.24) is 19.7 Å². The molecule has 4 rings (SSSR count). The molecule has 9 heteroatoms. The Balaban J connectivity index is 1.43. The van der Waals surface area contributed by atoms with Gasteiger partial charge in [-0.25, -0.2) is 13.4 Å². The number of ether oxygens (including phenoxy) is 1. The molecule has 0 spiro atoms. The topological polar surface area (TPSA) is 99.0 Å². The van der Waals surface area contributed by atoms with Gasteiger partial charge in [0.2, 0.25) is 15.9 Å². The average Bonchev–Trinajstić information content (AvgIpc) is 3.40. The standard InChI is InChI=1S/C17H17N5O3S/c1-12-18-10-11-22(12)16-8-9-17(20-19-16)25-14-4-2-13(3-5-14)21-26(23,24)15-6-7-15/h2-5,8-11,15,21H,6-7H2,1H3. The van der Waals surface area contributed by atoms with Crippen molar-refractivity contribution in [2.75, 3.05) is 4.72 Å². The molecule has 134 valence electrons. The minimum absolute atomic E-state index is 0.258. The zero-order valence-electron chi connectivity index (χ0n) is 14.0. The molecule has 2 heterocycles. The minimum Gasteiger partial charge on any atom is -0.438 e. The fourth-order valence-electron chi connectivity index (χ4n) is 2.45. The van der Waals surface area contributed by atoms with Crippen LogP contribution in [0.1, 0.15) is 18.7 Å². The Labute approximate surface area is 150 Å². The van der Waals surface area contributed by atoms with Crippen LogP contribution < -0.4 is 9.46 Å². The zero-order chi connectivity index (χ0) is 18.1. The summed E-state index contributed by atoms with van der Waals surface area (Å²) in [5.74, 6) is 2.35. The van der Waals surface area contributed by atoms with Gasteiger partial charge in [0.25, 0.3) is 0 Å². The third kappa shape index (κ3) is 3.52. The Morgan fingerprint density at radius 1 is 1.12 bits per heavy atom. The second-order valence-electron chi connectivity index (χ2n) is 6.05. The molecule has 0 saturated heterocycles. The van der Waals surface area contributed by atoms with E-state index in [1.165, 1.54) is 0 Å². The number of hydrogen-bond acceptors (Lipinski definition) is 6. The van der Waals surface area contributed by atoms with E-state index in [-0.39, 0.29) is 5.25 Å². The predicted octanol–water partition coefficient (Wildman–Crippen LogP) is 2.67. The van der Waals surface area contributed by atoms with Gasteiger partial charge in [0.1, 0.15) is 11.6 Å². The normalized spacial score (nSPS) is 14.2. The van der Waals surface area contributed by atoms with Gasteiger partial charge in [-0.05, 0) is 50.1 Å². The molecular weight excluding hydrogens is 354 g/mol. The van der Waals surface area contributed by atoms with Crippen molar-refractivity contribution in [3.8, 4) is 17.4 Å². The number of benzene rings is 1. The highest BCUT2D eigenvalue weighted by Gasteiger charge is 2.35. The number of aryl methyl sites for hydroxylation is 1. The SMILES string of the molecule is Cc1nccn1-c1ccc(Oc2ccc(NS(=O)(=O)C3CC3)cc2)nn1. The summed E-state index contributed by atoms with van der Waals surface area (Å²) in [6.45, 7) is 1.88. The van der Waals surface area contributed by atoms with E-state index >= 15 is 0 Å². The average molecular weight is 371 g/mol. The summed E-state index contributed by atoms with van der Waals surface area (Å²) in [6, 6.07) is 10.2. The lowest BCUT2D eigenvalue weighted by Gasteiger charge is -2.09. The number of hydrogen-bond donors (Lipinski definition) is 1. The van der Waals surface area contributed by atoms with Gasteiger partial charge in [-0.15, -0.1) is 10.2 Å². The highest BCUT2D eigenvalue weighted by atomic mass is 32.2. The van der Waals surface area contributed by atoms with Crippen LogP contribution >= 0.6 is 0 Å². The summed E-state index contributed by atoms with van der Waals surface area (Å²) < 4.78 is 33.9. The van der Waals surface area contributed by atoms with Gasteiger partial charge in [0.05, 0.1) is 5.25 Å². The van der Waals surface area contributed by atoms with Crippen molar-refractivity contribution in [3.63, 3.8) is 0 Å². The molecule has 1 N–H and O–H groups in total. The van der Waals surface area contributed by atoms with Crippen LogP contribution in [0.2, 0.25) is 0 Å². The Hall–Kier alpha value is -2.94. The molecule has 1 aliphatic rings. The van der Waals surface area contributed by atoms with Crippen molar-refractivity contribution in [3.05, 3.63) is 54.6 Å². The van der Waals surface area contributed by atoms with Crippen LogP contribution in [-0.4, -0.2) is 33.4 Å².